The van der Waals surface area contributed by atoms with Crippen molar-refractivity contribution in [3.63, 3.8) is 0 Å². The molecule has 1 aliphatic rings. The zero-order valence-electron chi connectivity index (χ0n) is 12.7. The summed E-state index contributed by atoms with van der Waals surface area (Å²) < 4.78 is 0. The summed E-state index contributed by atoms with van der Waals surface area (Å²) in [7, 11) is 0. The number of hydrogen-bond donors (Lipinski definition) is 1. The lowest BCUT2D eigenvalue weighted by atomic mass is 9.97. The molecule has 116 valence electrons. The van der Waals surface area contributed by atoms with Crippen LogP contribution in [0.4, 0.5) is 0 Å². The van der Waals surface area contributed by atoms with E-state index in [0.29, 0.717) is 5.92 Å². The molecular formula is C18H22N2OS. The molecule has 1 aliphatic heterocycles. The van der Waals surface area contributed by atoms with Gasteiger partial charge < -0.3 is 5.32 Å². The first-order valence-electron chi connectivity index (χ1n) is 7.89. The van der Waals surface area contributed by atoms with Crippen molar-refractivity contribution in [1.29, 1.82) is 0 Å². The highest BCUT2D eigenvalue weighted by molar-refractivity contribution is 7.12. The number of carbonyl (C=O) groups excluding carboxylic acids is 1. The van der Waals surface area contributed by atoms with E-state index in [9.17, 15) is 4.79 Å². The summed E-state index contributed by atoms with van der Waals surface area (Å²) >= 11 is 1.50. The van der Waals surface area contributed by atoms with Crippen molar-refractivity contribution in [3.8, 4) is 0 Å². The van der Waals surface area contributed by atoms with Gasteiger partial charge in [-0.3, -0.25) is 9.69 Å². The Morgan fingerprint density at radius 3 is 2.86 bits per heavy atom. The molecule has 4 heteroatoms. The number of piperidine rings is 1. The minimum Gasteiger partial charge on any atom is -0.351 e. The quantitative estimate of drug-likeness (QED) is 0.917. The Bertz CT molecular complexity index is 582. The summed E-state index contributed by atoms with van der Waals surface area (Å²) in [6.07, 6.45) is 2.42. The number of hydrogen-bond acceptors (Lipinski definition) is 3. The van der Waals surface area contributed by atoms with Crippen LogP contribution in [0.5, 0.6) is 0 Å². The highest BCUT2D eigenvalue weighted by atomic mass is 32.1. The normalized spacial score (nSPS) is 19.0. The van der Waals surface area contributed by atoms with Gasteiger partial charge in [-0.1, -0.05) is 36.4 Å². The lowest BCUT2D eigenvalue weighted by molar-refractivity contribution is 0.0934. The van der Waals surface area contributed by atoms with E-state index < -0.39 is 0 Å². The van der Waals surface area contributed by atoms with E-state index in [-0.39, 0.29) is 5.91 Å². The molecule has 3 rings (SSSR count). The SMILES string of the molecule is O=C(NC[C@@H]1CCCN(Cc2ccccc2)C1)c1cccs1. The second-order valence-electron chi connectivity index (χ2n) is 5.92. The molecule has 1 N–H and O–H groups in total. The number of amides is 1. The Balaban J connectivity index is 1.47. The van der Waals surface area contributed by atoms with E-state index in [1.807, 2.05) is 17.5 Å². The van der Waals surface area contributed by atoms with E-state index in [1.54, 1.807) is 0 Å². The van der Waals surface area contributed by atoms with Crippen LogP contribution in [0.1, 0.15) is 28.1 Å². The van der Waals surface area contributed by atoms with Gasteiger partial charge in [-0.05, 0) is 42.3 Å². The Kier molecular flexibility index (Phi) is 5.24. The van der Waals surface area contributed by atoms with Gasteiger partial charge in [0.15, 0.2) is 0 Å². The Morgan fingerprint density at radius 2 is 2.09 bits per heavy atom. The summed E-state index contributed by atoms with van der Waals surface area (Å²) in [6.45, 7) is 4.02. The number of nitrogens with zero attached hydrogens (tertiary/aromatic N) is 1. The van der Waals surface area contributed by atoms with Crippen molar-refractivity contribution >= 4 is 17.2 Å². The molecule has 0 saturated carbocycles. The van der Waals surface area contributed by atoms with Crippen molar-refractivity contribution in [2.45, 2.75) is 19.4 Å². The fraction of sp³-hybridized carbons (Fsp3) is 0.389. The van der Waals surface area contributed by atoms with Crippen LogP contribution in [0, 0.1) is 5.92 Å². The van der Waals surface area contributed by atoms with Crippen molar-refractivity contribution in [2.24, 2.45) is 5.92 Å². The van der Waals surface area contributed by atoms with Gasteiger partial charge in [-0.15, -0.1) is 11.3 Å². The minimum absolute atomic E-state index is 0.0650. The van der Waals surface area contributed by atoms with Gasteiger partial charge in [0, 0.05) is 19.6 Å². The number of nitrogens with one attached hydrogen (secondary N) is 1. The zero-order valence-corrected chi connectivity index (χ0v) is 13.5. The molecule has 1 aromatic carbocycles. The van der Waals surface area contributed by atoms with Gasteiger partial charge in [0.1, 0.15) is 0 Å². The average Bonchev–Trinajstić information content (AvgIpc) is 3.08. The summed E-state index contributed by atoms with van der Waals surface area (Å²) in [6, 6.07) is 14.4. The first-order chi connectivity index (χ1) is 10.8. The molecule has 1 atom stereocenters. The molecular weight excluding hydrogens is 292 g/mol. The Hall–Kier alpha value is -1.65. The van der Waals surface area contributed by atoms with Crippen molar-refractivity contribution < 1.29 is 4.79 Å². The maximum atomic E-state index is 12.0. The zero-order chi connectivity index (χ0) is 15.2. The fourth-order valence-corrected chi connectivity index (χ4v) is 3.68. The molecule has 1 aromatic heterocycles. The number of benzene rings is 1. The van der Waals surface area contributed by atoms with E-state index in [4.69, 9.17) is 0 Å². The second-order valence-corrected chi connectivity index (χ2v) is 6.86. The monoisotopic (exact) mass is 314 g/mol. The lowest BCUT2D eigenvalue weighted by Crippen LogP contribution is -2.40. The first kappa shape index (κ1) is 15.3. The molecule has 0 bridgehead atoms. The van der Waals surface area contributed by atoms with Crippen LogP contribution in [-0.4, -0.2) is 30.4 Å². The van der Waals surface area contributed by atoms with E-state index in [1.165, 1.54) is 29.7 Å². The molecule has 1 saturated heterocycles. The standard InChI is InChI=1S/C18H22N2OS/c21-18(17-9-5-11-22-17)19-12-16-8-4-10-20(14-16)13-15-6-2-1-3-7-15/h1-3,5-7,9,11,16H,4,8,10,12-14H2,(H,19,21)/t16-/m0/s1. The summed E-state index contributed by atoms with van der Waals surface area (Å²) in [4.78, 5) is 15.3. The topological polar surface area (TPSA) is 32.3 Å². The van der Waals surface area contributed by atoms with Gasteiger partial charge in [0.25, 0.3) is 5.91 Å². The molecule has 3 nitrogen and oxygen atoms in total. The van der Waals surface area contributed by atoms with Gasteiger partial charge in [-0.2, -0.15) is 0 Å². The van der Waals surface area contributed by atoms with E-state index in [0.717, 1.165) is 31.1 Å². The van der Waals surface area contributed by atoms with Crippen LogP contribution in [0.2, 0.25) is 0 Å². The van der Waals surface area contributed by atoms with Crippen LogP contribution >= 0.6 is 11.3 Å². The predicted octanol–water partition coefficient (Wildman–Crippen LogP) is 3.39. The number of rotatable bonds is 5. The first-order valence-corrected chi connectivity index (χ1v) is 8.77. The van der Waals surface area contributed by atoms with Crippen molar-refractivity contribution in [1.82, 2.24) is 10.2 Å². The third-order valence-corrected chi connectivity index (χ3v) is 5.02. The minimum atomic E-state index is 0.0650. The average molecular weight is 314 g/mol. The van der Waals surface area contributed by atoms with Crippen molar-refractivity contribution in [2.75, 3.05) is 19.6 Å². The van der Waals surface area contributed by atoms with Gasteiger partial charge in [-0.25, -0.2) is 0 Å². The van der Waals surface area contributed by atoms with Crippen LogP contribution in [-0.2, 0) is 6.54 Å². The maximum Gasteiger partial charge on any atom is 0.261 e. The third kappa shape index (κ3) is 4.18. The highest BCUT2D eigenvalue weighted by Crippen LogP contribution is 2.18. The van der Waals surface area contributed by atoms with Crippen LogP contribution < -0.4 is 5.32 Å². The third-order valence-electron chi connectivity index (χ3n) is 4.15. The van der Waals surface area contributed by atoms with E-state index in [2.05, 4.69) is 40.5 Å². The summed E-state index contributed by atoms with van der Waals surface area (Å²) in [5.74, 6) is 0.622. The van der Waals surface area contributed by atoms with Crippen LogP contribution in [0.25, 0.3) is 0 Å². The van der Waals surface area contributed by atoms with Crippen molar-refractivity contribution in [3.05, 3.63) is 58.3 Å². The molecule has 1 amide bonds. The van der Waals surface area contributed by atoms with Crippen LogP contribution in [0.3, 0.4) is 0 Å². The van der Waals surface area contributed by atoms with Crippen LogP contribution in [0.15, 0.2) is 47.8 Å². The molecule has 0 spiro atoms. The summed E-state index contributed by atoms with van der Waals surface area (Å²) in [5, 5.41) is 5.03. The molecule has 1 fully saturated rings. The molecule has 22 heavy (non-hydrogen) atoms. The highest BCUT2D eigenvalue weighted by Gasteiger charge is 2.20. The maximum absolute atomic E-state index is 12.0. The number of carbonyl (C=O) groups is 1. The summed E-state index contributed by atoms with van der Waals surface area (Å²) in [5.41, 5.74) is 1.37. The molecule has 0 aliphatic carbocycles. The van der Waals surface area contributed by atoms with E-state index >= 15 is 0 Å². The molecule has 2 heterocycles. The predicted molar refractivity (Wildman–Crippen MR) is 91.1 cm³/mol. The second kappa shape index (κ2) is 7.56. The lowest BCUT2D eigenvalue weighted by Gasteiger charge is -2.32. The largest absolute Gasteiger partial charge is 0.351 e. The van der Waals surface area contributed by atoms with Gasteiger partial charge in [0.2, 0.25) is 0 Å². The van der Waals surface area contributed by atoms with Gasteiger partial charge in [0.05, 0.1) is 4.88 Å². The van der Waals surface area contributed by atoms with Gasteiger partial charge >= 0.3 is 0 Å². The molecule has 0 radical (unpaired) electrons. The fourth-order valence-electron chi connectivity index (χ4n) is 3.04. The molecule has 2 aromatic rings. The number of thiophene rings is 1. The number of likely N-dealkylation sites (tertiary alicyclic amines) is 1. The Morgan fingerprint density at radius 1 is 1.23 bits per heavy atom. The smallest absolute Gasteiger partial charge is 0.261 e. The molecule has 0 unspecified atom stereocenters. The Labute approximate surface area is 136 Å².